The van der Waals surface area contributed by atoms with E-state index in [1.807, 2.05) is 19.1 Å². The molecule has 1 unspecified atom stereocenters. The zero-order valence-corrected chi connectivity index (χ0v) is 10.2. The van der Waals surface area contributed by atoms with Crippen LogP contribution in [0.2, 0.25) is 0 Å². The summed E-state index contributed by atoms with van der Waals surface area (Å²) in [5, 5.41) is 8.79. The molecule has 0 amide bonds. The van der Waals surface area contributed by atoms with Crippen molar-refractivity contribution < 1.29 is 9.90 Å². The molecule has 2 heteroatoms. The lowest BCUT2D eigenvalue weighted by molar-refractivity contribution is -0.122. The van der Waals surface area contributed by atoms with Crippen LogP contribution in [0.15, 0.2) is 24.3 Å². The molecule has 1 N–H and O–H groups in total. The van der Waals surface area contributed by atoms with E-state index in [1.165, 1.54) is 5.56 Å². The molecule has 0 saturated heterocycles. The zero-order valence-electron chi connectivity index (χ0n) is 10.2. The van der Waals surface area contributed by atoms with Crippen molar-refractivity contribution in [3.8, 4) is 0 Å². The van der Waals surface area contributed by atoms with Gasteiger partial charge in [0.25, 0.3) is 0 Å². The second kappa shape index (κ2) is 5.80. The summed E-state index contributed by atoms with van der Waals surface area (Å²) in [6.45, 7) is 5.82. The van der Waals surface area contributed by atoms with Crippen molar-refractivity contribution in [3.63, 3.8) is 0 Å². The van der Waals surface area contributed by atoms with Crippen molar-refractivity contribution in [2.24, 2.45) is 5.92 Å². The zero-order chi connectivity index (χ0) is 12.1. The molecule has 0 spiro atoms. The van der Waals surface area contributed by atoms with Crippen LogP contribution >= 0.6 is 0 Å². The van der Waals surface area contributed by atoms with Gasteiger partial charge in [0, 0.05) is 5.92 Å². The van der Waals surface area contributed by atoms with Crippen LogP contribution in [-0.2, 0) is 11.2 Å². The molecule has 1 aromatic rings. The number of Topliss-reactive ketones (excluding diaryl/α,β-unsaturated/α-hetero) is 1. The minimum absolute atomic E-state index is 0.128. The highest BCUT2D eigenvalue weighted by Crippen LogP contribution is 2.18. The number of benzene rings is 1. The third kappa shape index (κ3) is 3.46. The van der Waals surface area contributed by atoms with Gasteiger partial charge in [-0.05, 0) is 23.5 Å². The van der Waals surface area contributed by atoms with Gasteiger partial charge in [-0.15, -0.1) is 0 Å². The molecule has 0 radical (unpaired) electrons. The number of carbonyl (C=O) groups is 1. The summed E-state index contributed by atoms with van der Waals surface area (Å²) >= 11 is 0. The van der Waals surface area contributed by atoms with E-state index in [0.717, 1.165) is 12.0 Å². The molecule has 1 atom stereocenters. The highest BCUT2D eigenvalue weighted by Gasteiger charge is 2.13. The van der Waals surface area contributed by atoms with Crippen LogP contribution in [0.5, 0.6) is 0 Å². The third-order valence-electron chi connectivity index (χ3n) is 2.76. The molecular formula is C14H20O2. The van der Waals surface area contributed by atoms with Gasteiger partial charge in [-0.25, -0.2) is 0 Å². The van der Waals surface area contributed by atoms with Crippen LogP contribution in [-0.4, -0.2) is 17.5 Å². The summed E-state index contributed by atoms with van der Waals surface area (Å²) in [6, 6.07) is 8.10. The van der Waals surface area contributed by atoms with Crippen LogP contribution in [0.4, 0.5) is 0 Å². The number of hydrogen-bond donors (Lipinski definition) is 1. The van der Waals surface area contributed by atoms with Crippen LogP contribution in [0, 0.1) is 5.92 Å². The Morgan fingerprint density at radius 2 is 1.75 bits per heavy atom. The summed E-state index contributed by atoms with van der Waals surface area (Å²) in [4.78, 5) is 11.3. The molecular weight excluding hydrogens is 200 g/mol. The maximum Gasteiger partial charge on any atom is 0.165 e. The van der Waals surface area contributed by atoms with Crippen molar-refractivity contribution in [2.75, 3.05) is 6.61 Å². The largest absolute Gasteiger partial charge is 0.389 e. The summed E-state index contributed by atoms with van der Waals surface area (Å²) in [6.07, 6.45) is 1.06. The Morgan fingerprint density at radius 1 is 1.19 bits per heavy atom. The molecule has 0 bridgehead atoms. The molecule has 0 aliphatic rings. The summed E-state index contributed by atoms with van der Waals surface area (Å²) in [7, 11) is 0. The Morgan fingerprint density at radius 3 is 2.19 bits per heavy atom. The van der Waals surface area contributed by atoms with Crippen LogP contribution < -0.4 is 0 Å². The first kappa shape index (κ1) is 12.9. The van der Waals surface area contributed by atoms with Gasteiger partial charge in [-0.3, -0.25) is 4.79 Å². The normalized spacial score (nSPS) is 12.8. The first-order valence-electron chi connectivity index (χ1n) is 5.77. The average molecular weight is 220 g/mol. The molecule has 88 valence electrons. The number of aliphatic hydroxyl groups excluding tert-OH is 1. The van der Waals surface area contributed by atoms with Crippen LogP contribution in [0.3, 0.4) is 0 Å². The van der Waals surface area contributed by atoms with Crippen molar-refractivity contribution in [1.82, 2.24) is 0 Å². The van der Waals surface area contributed by atoms with Crippen molar-refractivity contribution in [3.05, 3.63) is 35.4 Å². The van der Waals surface area contributed by atoms with Gasteiger partial charge in [0.2, 0.25) is 0 Å². The van der Waals surface area contributed by atoms with E-state index in [-0.39, 0.29) is 18.3 Å². The monoisotopic (exact) mass is 220 g/mol. The van der Waals surface area contributed by atoms with Crippen LogP contribution in [0.25, 0.3) is 0 Å². The minimum Gasteiger partial charge on any atom is -0.389 e. The smallest absolute Gasteiger partial charge is 0.165 e. The Balaban J connectivity index is 2.74. The molecule has 0 aliphatic heterocycles. The fourth-order valence-corrected chi connectivity index (χ4v) is 1.74. The number of carbonyl (C=O) groups excluding carboxylic acids is 1. The van der Waals surface area contributed by atoms with Gasteiger partial charge in [-0.2, -0.15) is 0 Å². The maximum atomic E-state index is 11.3. The average Bonchev–Trinajstić information content (AvgIpc) is 2.27. The molecule has 0 fully saturated rings. The fraction of sp³-hybridized carbons (Fsp3) is 0.500. The first-order valence-corrected chi connectivity index (χ1v) is 5.77. The Bertz CT molecular complexity index is 338. The fourth-order valence-electron chi connectivity index (χ4n) is 1.74. The van der Waals surface area contributed by atoms with E-state index in [4.69, 9.17) is 5.11 Å². The molecule has 0 saturated carbocycles. The number of ketones is 1. The van der Waals surface area contributed by atoms with Gasteiger partial charge >= 0.3 is 0 Å². The standard InChI is InChI=1S/C14H20O2/c1-10(2)8-12-4-6-13(7-5-12)11(3)14(16)9-15/h4-7,10-11,15H,8-9H2,1-3H3. The van der Waals surface area contributed by atoms with E-state index in [9.17, 15) is 4.79 Å². The van der Waals surface area contributed by atoms with E-state index < -0.39 is 0 Å². The predicted octanol–water partition coefficient (Wildman–Crippen LogP) is 2.55. The predicted molar refractivity (Wildman–Crippen MR) is 65.5 cm³/mol. The number of aliphatic hydroxyl groups is 1. The van der Waals surface area contributed by atoms with Gasteiger partial charge in [0.05, 0.1) is 0 Å². The molecule has 16 heavy (non-hydrogen) atoms. The Hall–Kier alpha value is -1.15. The quantitative estimate of drug-likeness (QED) is 0.828. The number of hydrogen-bond acceptors (Lipinski definition) is 2. The Labute approximate surface area is 97.3 Å². The van der Waals surface area contributed by atoms with E-state index in [2.05, 4.69) is 26.0 Å². The van der Waals surface area contributed by atoms with Gasteiger partial charge in [0.15, 0.2) is 5.78 Å². The van der Waals surface area contributed by atoms with Crippen molar-refractivity contribution in [2.45, 2.75) is 33.1 Å². The molecule has 0 aliphatic carbocycles. The SMILES string of the molecule is CC(C)Cc1ccc(C(C)C(=O)CO)cc1. The lowest BCUT2D eigenvalue weighted by Gasteiger charge is -2.10. The highest BCUT2D eigenvalue weighted by atomic mass is 16.3. The topological polar surface area (TPSA) is 37.3 Å². The van der Waals surface area contributed by atoms with Gasteiger partial charge in [-0.1, -0.05) is 45.0 Å². The van der Waals surface area contributed by atoms with E-state index in [0.29, 0.717) is 5.92 Å². The second-order valence-electron chi connectivity index (χ2n) is 4.69. The molecule has 2 nitrogen and oxygen atoms in total. The lowest BCUT2D eigenvalue weighted by atomic mass is 9.94. The van der Waals surface area contributed by atoms with E-state index in [1.54, 1.807) is 0 Å². The summed E-state index contributed by atoms with van der Waals surface area (Å²) < 4.78 is 0. The Kier molecular flexibility index (Phi) is 4.69. The van der Waals surface area contributed by atoms with Crippen molar-refractivity contribution in [1.29, 1.82) is 0 Å². The maximum absolute atomic E-state index is 11.3. The summed E-state index contributed by atoms with van der Waals surface area (Å²) in [5.41, 5.74) is 2.27. The lowest BCUT2D eigenvalue weighted by Crippen LogP contribution is -2.13. The molecule has 0 aromatic heterocycles. The summed E-state index contributed by atoms with van der Waals surface area (Å²) in [5.74, 6) is 0.303. The van der Waals surface area contributed by atoms with E-state index >= 15 is 0 Å². The van der Waals surface area contributed by atoms with Gasteiger partial charge in [0.1, 0.15) is 6.61 Å². The van der Waals surface area contributed by atoms with Crippen molar-refractivity contribution >= 4 is 5.78 Å². The third-order valence-corrected chi connectivity index (χ3v) is 2.76. The molecule has 1 aromatic carbocycles. The minimum atomic E-state index is -0.380. The van der Waals surface area contributed by atoms with Crippen LogP contribution in [0.1, 0.15) is 37.8 Å². The first-order chi connectivity index (χ1) is 7.54. The number of rotatable bonds is 5. The molecule has 1 rings (SSSR count). The molecule has 0 heterocycles. The highest BCUT2D eigenvalue weighted by molar-refractivity contribution is 5.86. The van der Waals surface area contributed by atoms with Gasteiger partial charge < -0.3 is 5.11 Å². The second-order valence-corrected chi connectivity index (χ2v) is 4.69.